The van der Waals surface area contributed by atoms with Gasteiger partial charge in [0.2, 0.25) is 8.32 Å². The number of halogens is 3. The molecule has 39 heavy (non-hydrogen) atoms. The Balaban J connectivity index is -0.000000133. The normalized spacial score (nSPS) is 19.8. The van der Waals surface area contributed by atoms with Gasteiger partial charge in [-0.25, -0.2) is 0 Å². The average molecular weight is 1050 g/mol. The molecule has 0 aromatic carbocycles. The van der Waals surface area contributed by atoms with E-state index in [1.165, 1.54) is 89.5 Å². The predicted molar refractivity (Wildman–Crippen MR) is 183 cm³/mol. The minimum atomic E-state index is -1.31. The van der Waals surface area contributed by atoms with Crippen molar-refractivity contribution in [1.29, 1.82) is 0 Å². The van der Waals surface area contributed by atoms with E-state index in [2.05, 4.69) is 80.8 Å². The first-order valence-corrected chi connectivity index (χ1v) is 29.5. The van der Waals surface area contributed by atoms with Crippen LogP contribution in [-0.2, 0) is 74.6 Å². The fourth-order valence-electron chi connectivity index (χ4n) is 4.89. The van der Waals surface area contributed by atoms with Crippen LogP contribution in [-0.4, -0.2) is 32.1 Å². The Hall–Kier alpha value is 3.36. The monoisotopic (exact) mass is 1050 g/mol. The molecule has 1 saturated carbocycles. The van der Waals surface area contributed by atoms with Crippen LogP contribution in [0, 0.1) is 20.8 Å². The van der Waals surface area contributed by atoms with Crippen LogP contribution in [0.2, 0.25) is 19.6 Å². The van der Waals surface area contributed by atoms with Gasteiger partial charge < -0.3 is 24.2 Å². The van der Waals surface area contributed by atoms with Crippen molar-refractivity contribution < 1.29 is 87.9 Å². The predicted octanol–water partition coefficient (Wildman–Crippen LogP) is 8.30. The van der Waals surface area contributed by atoms with E-state index in [9.17, 15) is 4.79 Å². The third-order valence-corrected chi connectivity index (χ3v) is 7.51. The molecule has 1 atom stereocenters. The first-order valence-electron chi connectivity index (χ1n) is 13.5. The maximum absolute atomic E-state index is 11.0. The number of allylic oxidation sites excluding steroid dienone is 4. The summed E-state index contributed by atoms with van der Waals surface area (Å²) in [7, 11) is -1.31. The summed E-state index contributed by atoms with van der Waals surface area (Å²) in [4.78, 5) is 13.6. The number of carbonyl (C=O) groups is 1. The van der Waals surface area contributed by atoms with Crippen molar-refractivity contribution in [3.05, 3.63) is 38.5 Å². The topological polar surface area (TPSA) is 29.5 Å². The zero-order valence-corrected chi connectivity index (χ0v) is 38.5. The molecule has 4 rings (SSSR count). The average Bonchev–Trinajstić information content (AvgIpc) is 3.36. The van der Waals surface area contributed by atoms with Crippen molar-refractivity contribution in [2.45, 2.75) is 130 Å². The van der Waals surface area contributed by atoms with E-state index >= 15 is 0 Å². The first kappa shape index (κ1) is 51.9. The van der Waals surface area contributed by atoms with Crippen LogP contribution in [0.4, 0.5) is 0 Å². The van der Waals surface area contributed by atoms with Gasteiger partial charge in [0.1, 0.15) is 5.78 Å². The SMILES string of the molecule is C.C1=C(N2CCCC2)CCCC1.CCC1CCCCC1=O.C[Si](C)(C)OC1=CCCCC1.I[I-]I.[CH3-].[CH3-].[Y].[Y]. The number of carbonyl (C=O) groups excluding carboxylic acids is 1. The summed E-state index contributed by atoms with van der Waals surface area (Å²) in [6, 6.07) is 0. The molecular weight excluding hydrogens is 993 g/mol. The molecular formula is C30H59I3NO2SiY2-3. The molecule has 230 valence electrons. The van der Waals surface area contributed by atoms with Gasteiger partial charge in [-0.2, -0.15) is 0 Å². The van der Waals surface area contributed by atoms with Crippen LogP contribution in [0.1, 0.15) is 111 Å². The molecule has 1 saturated heterocycles. The van der Waals surface area contributed by atoms with Gasteiger partial charge in [-0.3, -0.25) is 4.79 Å². The Kier molecular flexibility index (Phi) is 43.6. The summed E-state index contributed by atoms with van der Waals surface area (Å²) >= 11 is 5.30. The van der Waals surface area contributed by atoms with Crippen LogP contribution in [0.5, 0.6) is 0 Å². The van der Waals surface area contributed by atoms with Crippen LogP contribution >= 0.6 is 37.2 Å². The van der Waals surface area contributed by atoms with Gasteiger partial charge in [0, 0.05) is 103 Å². The number of ketones is 1. The second kappa shape index (κ2) is 32.7. The van der Waals surface area contributed by atoms with Crippen molar-refractivity contribution >= 4 is 51.3 Å². The zero-order chi connectivity index (χ0) is 25.2. The molecule has 4 aliphatic rings. The smallest absolute Gasteiger partial charge is 0 e. The Morgan fingerprint density at radius 3 is 1.77 bits per heavy atom. The Morgan fingerprint density at radius 1 is 0.872 bits per heavy atom. The molecule has 0 aromatic heterocycles. The van der Waals surface area contributed by atoms with Crippen molar-refractivity contribution in [2.24, 2.45) is 5.92 Å². The fourth-order valence-corrected chi connectivity index (χ4v) is 5.87. The van der Waals surface area contributed by atoms with E-state index in [0.717, 1.165) is 25.7 Å². The van der Waals surface area contributed by atoms with E-state index in [4.69, 9.17) is 4.43 Å². The molecule has 3 aliphatic carbocycles. The van der Waals surface area contributed by atoms with E-state index in [1.54, 1.807) is 5.70 Å². The molecule has 1 aliphatic heterocycles. The quantitative estimate of drug-likeness (QED) is 0.162. The number of likely N-dealkylation sites (tertiary alicyclic amines) is 1. The zero-order valence-electron chi connectivity index (χ0n) is 25.3. The van der Waals surface area contributed by atoms with Gasteiger partial charge in [-0.1, -0.05) is 26.8 Å². The number of Topliss-reactive ketones (excluding diaryl/α,β-unsaturated/α-hetero) is 1. The van der Waals surface area contributed by atoms with Crippen molar-refractivity contribution in [1.82, 2.24) is 4.90 Å². The Morgan fingerprint density at radius 2 is 1.38 bits per heavy atom. The van der Waals surface area contributed by atoms with E-state index in [-0.39, 0.29) is 87.7 Å². The summed E-state index contributed by atoms with van der Waals surface area (Å²) in [5.41, 5.74) is 1.65. The molecule has 2 radical (unpaired) electrons. The molecule has 0 aromatic rings. The third kappa shape index (κ3) is 27.4. The molecule has 9 heteroatoms. The molecule has 0 amide bonds. The van der Waals surface area contributed by atoms with Crippen molar-refractivity contribution in [3.63, 3.8) is 0 Å². The molecule has 2 fully saturated rings. The van der Waals surface area contributed by atoms with Crippen LogP contribution < -0.4 is 13.3 Å². The van der Waals surface area contributed by atoms with Gasteiger partial charge >= 0.3 is 50.5 Å². The number of hydrogen-bond acceptors (Lipinski definition) is 3. The fraction of sp³-hybridized carbons (Fsp3) is 0.767. The molecule has 0 N–H and O–H groups in total. The minimum absolute atomic E-state index is 0. The number of rotatable bonds is 4. The van der Waals surface area contributed by atoms with Gasteiger partial charge in [-0.15, -0.1) is 0 Å². The Bertz CT molecular complexity index is 626. The second-order valence-corrected chi connectivity index (χ2v) is 31.3. The van der Waals surface area contributed by atoms with E-state index < -0.39 is 8.32 Å². The molecule has 0 bridgehead atoms. The standard InChI is InChI=1S/C10H17N.C9H18OSi.C8H14O.CH4.2CH3.I3.2Y/c1-2-6-10(7-3-1)11-8-4-5-9-11;1-11(2,3)10-9-7-5-4-6-8-9;1-2-7-5-3-4-6-8(7)9;;;;1-3-2;;/h6H,1-5,7-9H2;7H,4-6,8H2,1-3H3;7H,2-6H2,1H3;1H4;2*1H3;;;/q;;;;3*-1;;. The second-order valence-electron chi connectivity index (χ2n) is 10.6. The number of nitrogens with zero attached hydrogens (tertiary/aromatic N) is 1. The van der Waals surface area contributed by atoms with Gasteiger partial charge in [0.25, 0.3) is 0 Å². The summed E-state index contributed by atoms with van der Waals surface area (Å²) < 4.78 is 5.88. The molecule has 1 heterocycles. The number of hydrogen-bond donors (Lipinski definition) is 0. The summed E-state index contributed by atoms with van der Waals surface area (Å²) in [6.45, 7) is 11.5. The molecule has 0 spiro atoms. The maximum atomic E-state index is 11.0. The van der Waals surface area contributed by atoms with Gasteiger partial charge in [-0.05, 0) is 103 Å². The molecule has 1 unspecified atom stereocenters. The van der Waals surface area contributed by atoms with E-state index in [0.29, 0.717) is 25.0 Å². The minimum Gasteiger partial charge on any atom is -0.358 e. The maximum Gasteiger partial charge on any atom is 0 e. The van der Waals surface area contributed by atoms with Crippen molar-refractivity contribution in [2.75, 3.05) is 13.1 Å². The summed E-state index contributed by atoms with van der Waals surface area (Å²) in [6.07, 6.45) is 23.6. The molecule has 3 nitrogen and oxygen atoms in total. The Labute approximate surface area is 326 Å². The van der Waals surface area contributed by atoms with Gasteiger partial charge in [0.05, 0.1) is 5.76 Å². The van der Waals surface area contributed by atoms with Crippen LogP contribution in [0.25, 0.3) is 0 Å². The first-order chi connectivity index (χ1) is 16.3. The third-order valence-electron chi connectivity index (χ3n) is 6.64. The van der Waals surface area contributed by atoms with Gasteiger partial charge in [0.15, 0.2) is 0 Å². The van der Waals surface area contributed by atoms with Crippen LogP contribution in [0.15, 0.2) is 23.6 Å². The summed E-state index contributed by atoms with van der Waals surface area (Å²) in [5, 5.41) is 0. The summed E-state index contributed by atoms with van der Waals surface area (Å²) in [5.74, 6) is 2.18. The van der Waals surface area contributed by atoms with Crippen LogP contribution in [0.3, 0.4) is 0 Å². The van der Waals surface area contributed by atoms with E-state index in [1.807, 2.05) is 0 Å². The van der Waals surface area contributed by atoms with Crippen molar-refractivity contribution in [3.8, 4) is 0 Å². The largest absolute Gasteiger partial charge is 0.358 e.